The Hall–Kier alpha value is -3.41. The van der Waals surface area contributed by atoms with E-state index in [4.69, 9.17) is 4.74 Å². The number of likely N-dealkylation sites (tertiary alicyclic amines) is 1. The molecular weight excluding hydrogens is 390 g/mol. The van der Waals surface area contributed by atoms with Crippen molar-refractivity contribution >= 4 is 11.7 Å². The molecule has 6 nitrogen and oxygen atoms in total. The van der Waals surface area contributed by atoms with Crippen molar-refractivity contribution in [3.05, 3.63) is 77.1 Å². The van der Waals surface area contributed by atoms with E-state index in [9.17, 15) is 9.59 Å². The highest BCUT2D eigenvalue weighted by Gasteiger charge is 2.30. The number of aromatic nitrogens is 2. The smallest absolute Gasteiger partial charge is 0.257 e. The number of aryl methyl sites for hydroxylation is 1. The van der Waals surface area contributed by atoms with Crippen LogP contribution >= 0.6 is 0 Å². The van der Waals surface area contributed by atoms with Crippen LogP contribution in [0.1, 0.15) is 44.8 Å². The highest BCUT2D eigenvalue weighted by atomic mass is 16.5. The molecule has 4 rings (SSSR count). The summed E-state index contributed by atoms with van der Waals surface area (Å²) in [5, 5.41) is 4.46. The fourth-order valence-corrected chi connectivity index (χ4v) is 4.17. The zero-order valence-electron chi connectivity index (χ0n) is 18.2. The van der Waals surface area contributed by atoms with Gasteiger partial charge < -0.3 is 9.64 Å². The van der Waals surface area contributed by atoms with Crippen molar-refractivity contribution in [2.24, 2.45) is 5.92 Å². The second kappa shape index (κ2) is 8.76. The maximum Gasteiger partial charge on any atom is 0.257 e. The lowest BCUT2D eigenvalue weighted by atomic mass is 9.88. The van der Waals surface area contributed by atoms with Crippen molar-refractivity contribution in [3.63, 3.8) is 0 Å². The Morgan fingerprint density at radius 1 is 1.00 bits per heavy atom. The van der Waals surface area contributed by atoms with Crippen LogP contribution in [-0.4, -0.2) is 46.6 Å². The summed E-state index contributed by atoms with van der Waals surface area (Å²) in [5.74, 6) is 0.790. The average molecular weight is 418 g/mol. The summed E-state index contributed by atoms with van der Waals surface area (Å²) in [6.07, 6.45) is 2.99. The first-order valence-electron chi connectivity index (χ1n) is 10.6. The molecule has 31 heavy (non-hydrogen) atoms. The van der Waals surface area contributed by atoms with Gasteiger partial charge in [-0.25, -0.2) is 4.68 Å². The number of carbonyl (C=O) groups excluding carboxylic acids is 2. The fourth-order valence-electron chi connectivity index (χ4n) is 4.17. The van der Waals surface area contributed by atoms with E-state index in [1.807, 2.05) is 59.8 Å². The predicted molar refractivity (Wildman–Crippen MR) is 119 cm³/mol. The van der Waals surface area contributed by atoms with E-state index in [1.54, 1.807) is 25.4 Å². The molecule has 0 radical (unpaired) electrons. The van der Waals surface area contributed by atoms with Crippen LogP contribution < -0.4 is 4.74 Å². The van der Waals surface area contributed by atoms with Gasteiger partial charge >= 0.3 is 0 Å². The lowest BCUT2D eigenvalue weighted by Crippen LogP contribution is -2.40. The summed E-state index contributed by atoms with van der Waals surface area (Å²) in [4.78, 5) is 27.8. The molecule has 1 fully saturated rings. The fraction of sp³-hybridized carbons (Fsp3) is 0.320. The maximum atomic E-state index is 13.1. The van der Waals surface area contributed by atoms with Gasteiger partial charge in [-0.3, -0.25) is 9.59 Å². The molecule has 0 saturated carbocycles. The van der Waals surface area contributed by atoms with Crippen LogP contribution in [0.25, 0.3) is 5.69 Å². The molecule has 0 spiro atoms. The number of carbonyl (C=O) groups is 2. The zero-order chi connectivity index (χ0) is 22.0. The average Bonchev–Trinajstić information content (AvgIpc) is 3.19. The Labute approximate surface area is 182 Å². The van der Waals surface area contributed by atoms with Crippen LogP contribution in [-0.2, 0) is 0 Å². The lowest BCUT2D eigenvalue weighted by molar-refractivity contribution is 0.0649. The summed E-state index contributed by atoms with van der Waals surface area (Å²) in [6.45, 7) is 5.09. The number of amides is 1. The molecule has 1 aliphatic heterocycles. The van der Waals surface area contributed by atoms with Crippen LogP contribution in [0.4, 0.5) is 0 Å². The van der Waals surface area contributed by atoms with E-state index in [2.05, 4.69) is 5.10 Å². The zero-order valence-corrected chi connectivity index (χ0v) is 18.2. The Bertz CT molecular complexity index is 1090. The molecule has 1 aromatic heterocycles. The maximum absolute atomic E-state index is 13.1. The molecule has 2 aromatic carbocycles. The molecule has 0 unspecified atom stereocenters. The van der Waals surface area contributed by atoms with Gasteiger partial charge in [-0.2, -0.15) is 5.10 Å². The second-order valence-corrected chi connectivity index (χ2v) is 8.00. The third-order valence-corrected chi connectivity index (χ3v) is 6.11. The number of Topliss-reactive ketones (excluding diaryl/α,β-unsaturated/α-hetero) is 1. The third-order valence-electron chi connectivity index (χ3n) is 6.11. The molecular formula is C25H27N3O3. The number of para-hydroxylation sites is 1. The minimum Gasteiger partial charge on any atom is -0.497 e. The van der Waals surface area contributed by atoms with Crippen LogP contribution in [0, 0.1) is 19.8 Å². The van der Waals surface area contributed by atoms with Crippen molar-refractivity contribution in [3.8, 4) is 11.4 Å². The van der Waals surface area contributed by atoms with Crippen LogP contribution in [0.5, 0.6) is 5.75 Å². The van der Waals surface area contributed by atoms with Crippen molar-refractivity contribution in [2.75, 3.05) is 20.2 Å². The minimum absolute atomic E-state index is 0.0207. The van der Waals surface area contributed by atoms with Gasteiger partial charge in [-0.05, 0) is 62.6 Å². The predicted octanol–water partition coefficient (Wildman–Crippen LogP) is 4.23. The van der Waals surface area contributed by atoms with Crippen molar-refractivity contribution in [1.29, 1.82) is 0 Å². The molecule has 6 heteroatoms. The molecule has 160 valence electrons. The van der Waals surface area contributed by atoms with Crippen LogP contribution in [0.3, 0.4) is 0 Å². The molecule has 2 heterocycles. The topological polar surface area (TPSA) is 64.4 Å². The summed E-state index contributed by atoms with van der Waals surface area (Å²) in [7, 11) is 1.61. The standard InChI is InChI=1S/C25H27N3O3/c1-17-6-4-5-7-23(17)28-18(2)22(16-26-28)25(30)27-14-12-20(13-15-27)24(29)19-8-10-21(31-3)11-9-19/h4-11,16,20H,12-15H2,1-3H3. The Morgan fingerprint density at radius 2 is 1.68 bits per heavy atom. The summed E-state index contributed by atoms with van der Waals surface area (Å²) < 4.78 is 6.98. The molecule has 0 bridgehead atoms. The number of piperidine rings is 1. The second-order valence-electron chi connectivity index (χ2n) is 8.00. The summed E-state index contributed by atoms with van der Waals surface area (Å²) in [6, 6.07) is 15.2. The molecule has 3 aromatic rings. The number of benzene rings is 2. The van der Waals surface area contributed by atoms with Crippen molar-refractivity contribution < 1.29 is 14.3 Å². The first-order chi connectivity index (χ1) is 15.0. The molecule has 0 atom stereocenters. The van der Waals surface area contributed by atoms with Gasteiger partial charge in [-0.15, -0.1) is 0 Å². The highest BCUT2D eigenvalue weighted by molar-refractivity contribution is 5.98. The SMILES string of the molecule is COc1ccc(C(=O)C2CCN(C(=O)c3cnn(-c4ccccc4C)c3C)CC2)cc1. The molecule has 1 saturated heterocycles. The van der Waals surface area contributed by atoms with Gasteiger partial charge in [0.05, 0.1) is 30.3 Å². The first kappa shape index (κ1) is 20.8. The highest BCUT2D eigenvalue weighted by Crippen LogP contribution is 2.25. The van der Waals surface area contributed by atoms with Crippen LogP contribution in [0.15, 0.2) is 54.7 Å². The number of hydrogen-bond acceptors (Lipinski definition) is 4. The molecule has 0 aliphatic carbocycles. The van der Waals surface area contributed by atoms with E-state index in [0.29, 0.717) is 37.1 Å². The van der Waals surface area contributed by atoms with Gasteiger partial charge in [0.25, 0.3) is 5.91 Å². The largest absolute Gasteiger partial charge is 0.497 e. The Kier molecular flexibility index (Phi) is 5.89. The number of ketones is 1. The van der Waals surface area contributed by atoms with Crippen molar-refractivity contribution in [1.82, 2.24) is 14.7 Å². The summed E-state index contributed by atoms with van der Waals surface area (Å²) in [5.41, 5.74) is 4.22. The van der Waals surface area contributed by atoms with E-state index < -0.39 is 0 Å². The van der Waals surface area contributed by atoms with Gasteiger partial charge in [0.2, 0.25) is 0 Å². The van der Waals surface area contributed by atoms with Gasteiger partial charge in [0.15, 0.2) is 5.78 Å². The summed E-state index contributed by atoms with van der Waals surface area (Å²) >= 11 is 0. The van der Waals surface area contributed by atoms with Gasteiger partial charge in [0.1, 0.15) is 5.75 Å². The van der Waals surface area contributed by atoms with E-state index in [1.165, 1.54) is 0 Å². The number of hydrogen-bond donors (Lipinski definition) is 0. The molecule has 1 amide bonds. The van der Waals surface area contributed by atoms with E-state index >= 15 is 0 Å². The van der Waals surface area contributed by atoms with Crippen molar-refractivity contribution in [2.45, 2.75) is 26.7 Å². The normalized spacial score (nSPS) is 14.5. The monoisotopic (exact) mass is 417 g/mol. The van der Waals surface area contributed by atoms with Crippen LogP contribution in [0.2, 0.25) is 0 Å². The molecule has 0 N–H and O–H groups in total. The number of methoxy groups -OCH3 is 1. The Balaban J connectivity index is 1.43. The van der Waals surface area contributed by atoms with E-state index in [0.717, 1.165) is 22.7 Å². The Morgan fingerprint density at radius 3 is 2.32 bits per heavy atom. The van der Waals surface area contributed by atoms with Gasteiger partial charge in [-0.1, -0.05) is 18.2 Å². The first-order valence-corrected chi connectivity index (χ1v) is 10.6. The quantitative estimate of drug-likeness (QED) is 0.583. The van der Waals surface area contributed by atoms with E-state index in [-0.39, 0.29) is 17.6 Å². The molecule has 1 aliphatic rings. The van der Waals surface area contributed by atoms with Gasteiger partial charge in [0, 0.05) is 24.6 Å². The number of nitrogens with zero attached hydrogens (tertiary/aromatic N) is 3. The minimum atomic E-state index is -0.0618. The number of ether oxygens (including phenoxy) is 1. The third kappa shape index (κ3) is 4.10. The lowest BCUT2D eigenvalue weighted by Gasteiger charge is -2.31. The number of rotatable bonds is 5.